The number of thiophene rings is 1. The lowest BCUT2D eigenvalue weighted by Gasteiger charge is -1.98. The van der Waals surface area contributed by atoms with Crippen LogP contribution in [0.5, 0.6) is 0 Å². The molecule has 3 aromatic rings. The van der Waals surface area contributed by atoms with Gasteiger partial charge in [-0.3, -0.25) is 4.98 Å². The highest BCUT2D eigenvalue weighted by Gasteiger charge is 2.05. The molecule has 0 saturated heterocycles. The Bertz CT molecular complexity index is 627. The predicted octanol–water partition coefficient (Wildman–Crippen LogP) is 3.46. The van der Waals surface area contributed by atoms with Gasteiger partial charge in [0.2, 0.25) is 0 Å². The highest BCUT2D eigenvalue weighted by molar-refractivity contribution is 7.22. The Balaban J connectivity index is 2.13. The third-order valence-electron chi connectivity index (χ3n) is 2.68. The SMILES string of the molecule is OCc1ccnc(-c2cc3ccccc3s2)c1. The second-order valence-electron chi connectivity index (χ2n) is 3.86. The monoisotopic (exact) mass is 241 g/mol. The zero-order chi connectivity index (χ0) is 11.7. The first kappa shape index (κ1) is 10.4. The molecule has 1 aromatic carbocycles. The number of aliphatic hydroxyl groups excluding tert-OH is 1. The maximum atomic E-state index is 9.12. The molecule has 3 rings (SSSR count). The van der Waals surface area contributed by atoms with Crippen LogP contribution in [0.2, 0.25) is 0 Å². The zero-order valence-electron chi connectivity index (χ0n) is 9.13. The van der Waals surface area contributed by atoms with Gasteiger partial charge in [0, 0.05) is 10.9 Å². The van der Waals surface area contributed by atoms with E-state index in [9.17, 15) is 0 Å². The van der Waals surface area contributed by atoms with E-state index < -0.39 is 0 Å². The molecule has 2 aromatic heterocycles. The Morgan fingerprint density at radius 2 is 2.00 bits per heavy atom. The van der Waals surface area contributed by atoms with Crippen molar-refractivity contribution in [3.05, 3.63) is 54.2 Å². The van der Waals surface area contributed by atoms with Crippen molar-refractivity contribution in [1.29, 1.82) is 0 Å². The quantitative estimate of drug-likeness (QED) is 0.745. The van der Waals surface area contributed by atoms with Crippen molar-refractivity contribution in [3.63, 3.8) is 0 Å². The second kappa shape index (κ2) is 4.28. The number of aliphatic hydroxyl groups is 1. The van der Waals surface area contributed by atoms with E-state index in [0.29, 0.717) is 0 Å². The number of rotatable bonds is 2. The van der Waals surface area contributed by atoms with E-state index in [0.717, 1.165) is 16.1 Å². The maximum absolute atomic E-state index is 9.12. The summed E-state index contributed by atoms with van der Waals surface area (Å²) in [5, 5.41) is 10.4. The number of aromatic nitrogens is 1. The summed E-state index contributed by atoms with van der Waals surface area (Å²) < 4.78 is 1.26. The number of benzene rings is 1. The standard InChI is InChI=1S/C14H11NOS/c16-9-10-5-6-15-12(7-10)14-8-11-3-1-2-4-13(11)17-14/h1-8,16H,9H2. The van der Waals surface area contributed by atoms with Gasteiger partial charge in [0.15, 0.2) is 0 Å². The van der Waals surface area contributed by atoms with Crippen molar-refractivity contribution in [2.24, 2.45) is 0 Å². The molecular weight excluding hydrogens is 230 g/mol. The largest absolute Gasteiger partial charge is 0.392 e. The van der Waals surface area contributed by atoms with Crippen molar-refractivity contribution < 1.29 is 5.11 Å². The Labute approximate surface area is 103 Å². The van der Waals surface area contributed by atoms with Crippen molar-refractivity contribution in [3.8, 4) is 10.6 Å². The van der Waals surface area contributed by atoms with Gasteiger partial charge >= 0.3 is 0 Å². The average molecular weight is 241 g/mol. The van der Waals surface area contributed by atoms with Crippen molar-refractivity contribution in [1.82, 2.24) is 4.98 Å². The number of fused-ring (bicyclic) bond motifs is 1. The summed E-state index contributed by atoms with van der Waals surface area (Å²) in [6.45, 7) is 0.0560. The molecule has 0 spiro atoms. The minimum Gasteiger partial charge on any atom is -0.392 e. The summed E-state index contributed by atoms with van der Waals surface area (Å²) >= 11 is 1.73. The number of nitrogens with zero attached hydrogens (tertiary/aromatic N) is 1. The van der Waals surface area contributed by atoms with Crippen LogP contribution in [-0.2, 0) is 6.61 Å². The van der Waals surface area contributed by atoms with Gasteiger partial charge in [-0.15, -0.1) is 11.3 Å². The highest BCUT2D eigenvalue weighted by Crippen LogP contribution is 2.32. The van der Waals surface area contributed by atoms with Gasteiger partial charge in [-0.25, -0.2) is 0 Å². The van der Waals surface area contributed by atoms with E-state index in [2.05, 4.69) is 23.2 Å². The number of hydrogen-bond donors (Lipinski definition) is 1. The van der Waals surface area contributed by atoms with E-state index in [1.54, 1.807) is 17.5 Å². The molecule has 0 atom stereocenters. The zero-order valence-corrected chi connectivity index (χ0v) is 9.95. The molecule has 0 fully saturated rings. The number of pyridine rings is 1. The molecule has 0 unspecified atom stereocenters. The predicted molar refractivity (Wildman–Crippen MR) is 71.0 cm³/mol. The van der Waals surface area contributed by atoms with Crippen LogP contribution in [0.1, 0.15) is 5.56 Å². The fourth-order valence-corrected chi connectivity index (χ4v) is 2.85. The van der Waals surface area contributed by atoms with E-state index in [-0.39, 0.29) is 6.61 Å². The Morgan fingerprint density at radius 3 is 2.82 bits per heavy atom. The smallest absolute Gasteiger partial charge is 0.0805 e. The highest BCUT2D eigenvalue weighted by atomic mass is 32.1. The van der Waals surface area contributed by atoms with E-state index in [4.69, 9.17) is 5.11 Å². The lowest BCUT2D eigenvalue weighted by atomic mass is 10.2. The van der Waals surface area contributed by atoms with Crippen LogP contribution in [0, 0.1) is 0 Å². The lowest BCUT2D eigenvalue weighted by Crippen LogP contribution is -1.85. The molecule has 0 aliphatic heterocycles. The first-order valence-electron chi connectivity index (χ1n) is 5.41. The van der Waals surface area contributed by atoms with Gasteiger partial charge in [0.1, 0.15) is 0 Å². The van der Waals surface area contributed by atoms with Gasteiger partial charge in [0.25, 0.3) is 0 Å². The molecule has 84 valence electrons. The molecule has 17 heavy (non-hydrogen) atoms. The van der Waals surface area contributed by atoms with Crippen LogP contribution < -0.4 is 0 Å². The van der Waals surface area contributed by atoms with Gasteiger partial charge in [-0.05, 0) is 35.2 Å². The van der Waals surface area contributed by atoms with Crippen LogP contribution in [0.4, 0.5) is 0 Å². The lowest BCUT2D eigenvalue weighted by molar-refractivity contribution is 0.282. The molecule has 3 heteroatoms. The minimum absolute atomic E-state index is 0.0560. The summed E-state index contributed by atoms with van der Waals surface area (Å²) in [6, 6.07) is 14.2. The van der Waals surface area contributed by atoms with E-state index in [1.165, 1.54) is 10.1 Å². The fraction of sp³-hybridized carbons (Fsp3) is 0.0714. The average Bonchev–Trinajstić information content (AvgIpc) is 2.82. The molecule has 0 aliphatic carbocycles. The fourth-order valence-electron chi connectivity index (χ4n) is 1.82. The van der Waals surface area contributed by atoms with Crippen LogP contribution in [-0.4, -0.2) is 10.1 Å². The Kier molecular flexibility index (Phi) is 2.63. The van der Waals surface area contributed by atoms with Crippen LogP contribution in [0.25, 0.3) is 20.7 Å². The third-order valence-corrected chi connectivity index (χ3v) is 3.82. The molecule has 0 aliphatic rings. The molecular formula is C14H11NOS. The Hall–Kier alpha value is -1.71. The first-order valence-corrected chi connectivity index (χ1v) is 6.23. The normalized spacial score (nSPS) is 10.9. The van der Waals surface area contributed by atoms with E-state index in [1.807, 2.05) is 24.3 Å². The summed E-state index contributed by atoms with van der Waals surface area (Å²) in [6.07, 6.45) is 1.74. The number of hydrogen-bond acceptors (Lipinski definition) is 3. The van der Waals surface area contributed by atoms with E-state index >= 15 is 0 Å². The Morgan fingerprint density at radius 1 is 1.12 bits per heavy atom. The van der Waals surface area contributed by atoms with Gasteiger partial charge in [-0.2, -0.15) is 0 Å². The van der Waals surface area contributed by atoms with Gasteiger partial charge < -0.3 is 5.11 Å². The topological polar surface area (TPSA) is 33.1 Å². The molecule has 0 radical (unpaired) electrons. The van der Waals surface area contributed by atoms with Crippen molar-refractivity contribution >= 4 is 21.4 Å². The third kappa shape index (κ3) is 1.95. The molecule has 1 N–H and O–H groups in total. The molecule has 0 saturated carbocycles. The summed E-state index contributed by atoms with van der Waals surface area (Å²) in [7, 11) is 0. The minimum atomic E-state index is 0.0560. The van der Waals surface area contributed by atoms with Gasteiger partial charge in [-0.1, -0.05) is 18.2 Å². The molecule has 2 nitrogen and oxygen atoms in total. The maximum Gasteiger partial charge on any atom is 0.0805 e. The molecule has 2 heterocycles. The summed E-state index contributed by atoms with van der Waals surface area (Å²) in [5.74, 6) is 0. The van der Waals surface area contributed by atoms with Crippen molar-refractivity contribution in [2.75, 3.05) is 0 Å². The molecule has 0 bridgehead atoms. The van der Waals surface area contributed by atoms with Crippen LogP contribution in [0.3, 0.4) is 0 Å². The first-order chi connectivity index (χ1) is 8.36. The van der Waals surface area contributed by atoms with Gasteiger partial charge in [0.05, 0.1) is 17.2 Å². The van der Waals surface area contributed by atoms with Crippen molar-refractivity contribution in [2.45, 2.75) is 6.61 Å². The molecule has 0 amide bonds. The summed E-state index contributed by atoms with van der Waals surface area (Å²) in [4.78, 5) is 5.49. The van der Waals surface area contributed by atoms with Crippen LogP contribution >= 0.6 is 11.3 Å². The summed E-state index contributed by atoms with van der Waals surface area (Å²) in [5.41, 5.74) is 1.82. The second-order valence-corrected chi connectivity index (χ2v) is 4.94. The van der Waals surface area contributed by atoms with Crippen LogP contribution in [0.15, 0.2) is 48.7 Å².